The third-order valence-electron chi connectivity index (χ3n) is 6.84. The van der Waals surface area contributed by atoms with Crippen molar-refractivity contribution in [1.29, 1.82) is 0 Å². The highest BCUT2D eigenvalue weighted by Gasteiger charge is 2.50. The Morgan fingerprint density at radius 2 is 2.11 bits per heavy atom. The van der Waals surface area contributed by atoms with E-state index in [4.69, 9.17) is 4.74 Å². The highest BCUT2D eigenvalue weighted by molar-refractivity contribution is 5.82. The Morgan fingerprint density at radius 3 is 2.89 bits per heavy atom. The van der Waals surface area contributed by atoms with E-state index in [1.807, 2.05) is 0 Å². The summed E-state index contributed by atoms with van der Waals surface area (Å²) in [6.45, 7) is 8.83. The predicted molar refractivity (Wildman–Crippen MR) is 108 cm³/mol. The summed E-state index contributed by atoms with van der Waals surface area (Å²) in [5, 5.41) is 0. The van der Waals surface area contributed by atoms with Crippen LogP contribution in [0.2, 0.25) is 0 Å². The molecule has 2 heterocycles. The molecule has 1 aromatic carbocycles. The molecular formula is C23H34N2O2. The maximum Gasteiger partial charge on any atom is 0.239 e. The van der Waals surface area contributed by atoms with Crippen LogP contribution >= 0.6 is 0 Å². The fourth-order valence-electron chi connectivity index (χ4n) is 5.43. The first-order valence-corrected chi connectivity index (χ1v) is 10.8. The number of likely N-dealkylation sites (tertiary alicyclic amines) is 2. The zero-order valence-electron chi connectivity index (χ0n) is 17.0. The van der Waals surface area contributed by atoms with Crippen molar-refractivity contribution in [3.8, 4) is 0 Å². The summed E-state index contributed by atoms with van der Waals surface area (Å²) in [6, 6.07) is 8.78. The number of ether oxygens (including phenoxy) is 1. The van der Waals surface area contributed by atoms with Gasteiger partial charge in [0.25, 0.3) is 0 Å². The fraction of sp³-hybridized carbons (Fsp3) is 0.696. The van der Waals surface area contributed by atoms with Gasteiger partial charge < -0.3 is 9.64 Å². The van der Waals surface area contributed by atoms with Crippen molar-refractivity contribution in [3.63, 3.8) is 0 Å². The SMILES string of the molecule is CCOC1CC2(CCN(C(=O)C3CCCCN3Cc3cccc(C)c3)C2)C1. The molecule has 3 aliphatic rings. The average Bonchev–Trinajstić information content (AvgIpc) is 3.07. The van der Waals surface area contributed by atoms with E-state index < -0.39 is 0 Å². The molecule has 0 N–H and O–H groups in total. The second-order valence-corrected chi connectivity index (χ2v) is 8.97. The van der Waals surface area contributed by atoms with E-state index in [-0.39, 0.29) is 6.04 Å². The van der Waals surface area contributed by atoms with E-state index in [9.17, 15) is 4.79 Å². The number of carbonyl (C=O) groups excluding carboxylic acids is 1. The second-order valence-electron chi connectivity index (χ2n) is 8.97. The molecule has 0 radical (unpaired) electrons. The minimum absolute atomic E-state index is 0.0668. The van der Waals surface area contributed by atoms with Gasteiger partial charge in [-0.3, -0.25) is 9.69 Å². The number of carbonyl (C=O) groups is 1. The molecule has 1 saturated carbocycles. The lowest BCUT2D eigenvalue weighted by Gasteiger charge is -2.45. The smallest absolute Gasteiger partial charge is 0.239 e. The van der Waals surface area contributed by atoms with Crippen molar-refractivity contribution in [2.24, 2.45) is 5.41 Å². The Morgan fingerprint density at radius 1 is 1.26 bits per heavy atom. The number of hydrogen-bond acceptors (Lipinski definition) is 3. The van der Waals surface area contributed by atoms with Gasteiger partial charge in [0.2, 0.25) is 5.91 Å². The van der Waals surface area contributed by atoms with Gasteiger partial charge in [0, 0.05) is 26.2 Å². The summed E-state index contributed by atoms with van der Waals surface area (Å²) < 4.78 is 5.76. The summed E-state index contributed by atoms with van der Waals surface area (Å²) in [7, 11) is 0. The van der Waals surface area contributed by atoms with Gasteiger partial charge in [0.1, 0.15) is 0 Å². The second kappa shape index (κ2) is 7.92. The molecule has 4 nitrogen and oxygen atoms in total. The number of rotatable bonds is 5. The molecule has 1 spiro atoms. The van der Waals surface area contributed by atoms with Crippen LogP contribution in [-0.2, 0) is 16.1 Å². The Hall–Kier alpha value is -1.39. The molecule has 1 atom stereocenters. The normalized spacial score (nSPS) is 31.3. The number of aryl methyl sites for hydroxylation is 1. The molecule has 148 valence electrons. The number of benzene rings is 1. The summed E-state index contributed by atoms with van der Waals surface area (Å²) in [6.07, 6.45) is 7.26. The molecule has 1 aromatic rings. The molecule has 27 heavy (non-hydrogen) atoms. The lowest BCUT2D eigenvalue weighted by molar-refractivity contribution is -0.139. The molecule has 1 amide bonds. The van der Waals surface area contributed by atoms with Gasteiger partial charge in [-0.05, 0) is 63.5 Å². The first-order valence-electron chi connectivity index (χ1n) is 10.8. The average molecular weight is 371 g/mol. The van der Waals surface area contributed by atoms with Gasteiger partial charge in [-0.25, -0.2) is 0 Å². The van der Waals surface area contributed by atoms with Gasteiger partial charge in [0.05, 0.1) is 12.1 Å². The van der Waals surface area contributed by atoms with Gasteiger partial charge in [-0.2, -0.15) is 0 Å². The first-order chi connectivity index (χ1) is 13.1. The maximum atomic E-state index is 13.4. The van der Waals surface area contributed by atoms with Crippen LogP contribution in [0.1, 0.15) is 56.6 Å². The molecule has 4 rings (SSSR count). The van der Waals surface area contributed by atoms with Crippen LogP contribution in [0.5, 0.6) is 0 Å². The zero-order valence-corrected chi connectivity index (χ0v) is 17.0. The molecule has 2 saturated heterocycles. The standard InChI is InChI=1S/C23H34N2O2/c1-3-27-20-14-23(15-20)10-12-25(17-23)22(26)21-9-4-5-11-24(21)16-19-8-6-7-18(2)13-19/h6-8,13,20-21H,3-5,9-12,14-17H2,1-2H3. The van der Waals surface area contributed by atoms with Crippen molar-refractivity contribution < 1.29 is 9.53 Å². The van der Waals surface area contributed by atoms with Crippen LogP contribution in [0.3, 0.4) is 0 Å². The zero-order chi connectivity index (χ0) is 18.9. The Kier molecular flexibility index (Phi) is 5.56. The van der Waals surface area contributed by atoms with E-state index >= 15 is 0 Å². The third kappa shape index (κ3) is 4.07. The monoisotopic (exact) mass is 370 g/mol. The summed E-state index contributed by atoms with van der Waals surface area (Å²) in [5.41, 5.74) is 2.97. The molecule has 1 unspecified atom stereocenters. The Bertz CT molecular complexity index is 668. The highest BCUT2D eigenvalue weighted by atomic mass is 16.5. The van der Waals surface area contributed by atoms with E-state index in [2.05, 4.69) is 47.9 Å². The molecular weight excluding hydrogens is 336 g/mol. The van der Waals surface area contributed by atoms with Gasteiger partial charge in [-0.15, -0.1) is 0 Å². The number of piperidine rings is 1. The van der Waals surface area contributed by atoms with Crippen LogP contribution in [0, 0.1) is 12.3 Å². The van der Waals surface area contributed by atoms with Crippen molar-refractivity contribution in [3.05, 3.63) is 35.4 Å². The van der Waals surface area contributed by atoms with Crippen LogP contribution in [-0.4, -0.2) is 54.1 Å². The molecule has 2 aliphatic heterocycles. The molecule has 1 aliphatic carbocycles. The third-order valence-corrected chi connectivity index (χ3v) is 6.84. The van der Waals surface area contributed by atoms with Crippen molar-refractivity contribution >= 4 is 5.91 Å². The minimum atomic E-state index is 0.0668. The predicted octanol–water partition coefficient (Wildman–Crippen LogP) is 3.77. The fourth-order valence-corrected chi connectivity index (χ4v) is 5.43. The first kappa shape index (κ1) is 18.9. The van der Waals surface area contributed by atoms with E-state index in [1.165, 1.54) is 24.0 Å². The van der Waals surface area contributed by atoms with Crippen molar-refractivity contribution in [2.75, 3.05) is 26.2 Å². The van der Waals surface area contributed by atoms with Crippen LogP contribution in [0.15, 0.2) is 24.3 Å². The lowest BCUT2D eigenvalue weighted by atomic mass is 9.66. The van der Waals surface area contributed by atoms with Gasteiger partial charge >= 0.3 is 0 Å². The minimum Gasteiger partial charge on any atom is -0.378 e. The van der Waals surface area contributed by atoms with Gasteiger partial charge in [0.15, 0.2) is 0 Å². The van der Waals surface area contributed by atoms with Crippen molar-refractivity contribution in [1.82, 2.24) is 9.80 Å². The maximum absolute atomic E-state index is 13.4. The summed E-state index contributed by atoms with van der Waals surface area (Å²) in [5.74, 6) is 0.374. The molecule has 0 bridgehead atoms. The van der Waals surface area contributed by atoms with Crippen LogP contribution in [0.25, 0.3) is 0 Å². The van der Waals surface area contributed by atoms with E-state index in [0.717, 1.165) is 58.5 Å². The molecule has 3 fully saturated rings. The molecule has 0 aromatic heterocycles. The van der Waals surface area contributed by atoms with Crippen LogP contribution in [0.4, 0.5) is 0 Å². The van der Waals surface area contributed by atoms with Gasteiger partial charge in [-0.1, -0.05) is 36.2 Å². The topological polar surface area (TPSA) is 32.8 Å². The summed E-state index contributed by atoms with van der Waals surface area (Å²) >= 11 is 0. The number of amides is 1. The lowest BCUT2D eigenvalue weighted by Crippen LogP contribution is -2.51. The van der Waals surface area contributed by atoms with E-state index in [1.54, 1.807) is 0 Å². The Labute approximate surface area is 163 Å². The Balaban J connectivity index is 1.38. The largest absolute Gasteiger partial charge is 0.378 e. The van der Waals surface area contributed by atoms with Crippen molar-refractivity contribution in [2.45, 2.75) is 71.1 Å². The molecule has 4 heteroatoms. The number of nitrogens with zero attached hydrogens (tertiary/aromatic N) is 2. The number of hydrogen-bond donors (Lipinski definition) is 0. The van der Waals surface area contributed by atoms with Crippen LogP contribution < -0.4 is 0 Å². The quantitative estimate of drug-likeness (QED) is 0.791. The summed E-state index contributed by atoms with van der Waals surface area (Å²) in [4.78, 5) is 17.9. The highest BCUT2D eigenvalue weighted by Crippen LogP contribution is 2.49. The van der Waals surface area contributed by atoms with E-state index in [0.29, 0.717) is 17.4 Å².